The molecule has 0 aromatic carbocycles. The Balaban J connectivity index is 1.79. The molecule has 0 saturated heterocycles. The molecule has 6 heteroatoms. The van der Waals surface area contributed by atoms with E-state index in [9.17, 15) is 0 Å². The first-order valence-corrected chi connectivity index (χ1v) is 7.86. The van der Waals surface area contributed by atoms with Gasteiger partial charge in [0.05, 0.1) is 28.8 Å². The van der Waals surface area contributed by atoms with Crippen LogP contribution in [-0.4, -0.2) is 19.2 Å². The molecule has 0 fully saturated rings. The number of thiophene rings is 1. The average Bonchev–Trinajstić information content (AvgIpc) is 3.19. The van der Waals surface area contributed by atoms with E-state index in [1.807, 2.05) is 44.0 Å². The second kappa shape index (κ2) is 4.99. The Kier molecular flexibility index (Phi) is 2.97. The predicted octanol–water partition coefficient (Wildman–Crippen LogP) is 3.85. The molecule has 4 heterocycles. The standard InChI is InChI=1S/C16H15N5S/c1-11-6-15(22-10-11)19-13-4-3-5-21-14(8-17-16(13)21)12-7-18-20(2)9-12/h3-10,19H,1-2H3. The minimum absolute atomic E-state index is 0.910. The number of pyridine rings is 1. The van der Waals surface area contributed by atoms with Gasteiger partial charge in [0.1, 0.15) is 0 Å². The zero-order valence-electron chi connectivity index (χ0n) is 12.3. The lowest BCUT2D eigenvalue weighted by atomic mass is 10.3. The van der Waals surface area contributed by atoms with Crippen LogP contribution in [0, 0.1) is 6.92 Å². The van der Waals surface area contributed by atoms with Crippen LogP contribution >= 0.6 is 11.3 Å². The lowest BCUT2D eigenvalue weighted by molar-refractivity contribution is 0.768. The molecule has 4 aromatic heterocycles. The monoisotopic (exact) mass is 309 g/mol. The molecule has 0 aliphatic heterocycles. The minimum atomic E-state index is 0.910. The summed E-state index contributed by atoms with van der Waals surface area (Å²) in [6.07, 6.45) is 7.76. The summed E-state index contributed by atoms with van der Waals surface area (Å²) >= 11 is 1.70. The number of aryl methyl sites for hydroxylation is 2. The molecule has 0 spiro atoms. The van der Waals surface area contributed by atoms with Gasteiger partial charge in [-0.3, -0.25) is 9.08 Å². The molecule has 0 atom stereocenters. The SMILES string of the molecule is Cc1csc(Nc2cccn3c(-c4cnn(C)c4)cnc23)c1. The van der Waals surface area contributed by atoms with E-state index in [0.29, 0.717) is 0 Å². The van der Waals surface area contributed by atoms with E-state index in [1.165, 1.54) is 5.56 Å². The summed E-state index contributed by atoms with van der Waals surface area (Å²) in [5.74, 6) is 0. The zero-order chi connectivity index (χ0) is 15.1. The van der Waals surface area contributed by atoms with Crippen LogP contribution < -0.4 is 5.32 Å². The van der Waals surface area contributed by atoms with Crippen molar-refractivity contribution in [3.8, 4) is 11.3 Å². The Bertz CT molecular complexity index is 946. The van der Waals surface area contributed by atoms with Crippen molar-refractivity contribution in [1.29, 1.82) is 0 Å². The van der Waals surface area contributed by atoms with Gasteiger partial charge in [0.2, 0.25) is 0 Å². The van der Waals surface area contributed by atoms with Crippen molar-refractivity contribution in [2.45, 2.75) is 6.92 Å². The molecule has 4 aromatic rings. The van der Waals surface area contributed by atoms with Crippen LogP contribution in [0.1, 0.15) is 5.56 Å². The number of hydrogen-bond donors (Lipinski definition) is 1. The summed E-state index contributed by atoms with van der Waals surface area (Å²) < 4.78 is 3.88. The molecular formula is C16H15N5S. The van der Waals surface area contributed by atoms with Gasteiger partial charge in [-0.05, 0) is 36.1 Å². The van der Waals surface area contributed by atoms with Gasteiger partial charge in [-0.2, -0.15) is 5.10 Å². The van der Waals surface area contributed by atoms with Crippen LogP contribution in [0.3, 0.4) is 0 Å². The van der Waals surface area contributed by atoms with E-state index in [0.717, 1.165) is 27.6 Å². The predicted molar refractivity (Wildman–Crippen MR) is 89.7 cm³/mol. The van der Waals surface area contributed by atoms with Crippen LogP contribution in [-0.2, 0) is 7.05 Å². The van der Waals surface area contributed by atoms with Crippen molar-refractivity contribution in [3.63, 3.8) is 0 Å². The third kappa shape index (κ3) is 2.17. The summed E-state index contributed by atoms with van der Waals surface area (Å²) in [6, 6.07) is 6.21. The molecule has 22 heavy (non-hydrogen) atoms. The highest BCUT2D eigenvalue weighted by Gasteiger charge is 2.11. The number of fused-ring (bicyclic) bond motifs is 1. The fourth-order valence-corrected chi connectivity index (χ4v) is 3.31. The number of nitrogens with zero attached hydrogens (tertiary/aromatic N) is 4. The lowest BCUT2D eigenvalue weighted by Gasteiger charge is -2.06. The van der Waals surface area contributed by atoms with Crippen LogP contribution in [0.5, 0.6) is 0 Å². The van der Waals surface area contributed by atoms with Crippen molar-refractivity contribution >= 4 is 27.7 Å². The van der Waals surface area contributed by atoms with E-state index in [4.69, 9.17) is 0 Å². The van der Waals surface area contributed by atoms with Gasteiger partial charge in [0.25, 0.3) is 0 Å². The number of nitrogens with one attached hydrogen (secondary N) is 1. The molecule has 110 valence electrons. The van der Waals surface area contributed by atoms with E-state index in [-0.39, 0.29) is 0 Å². The van der Waals surface area contributed by atoms with Crippen molar-refractivity contribution in [2.75, 3.05) is 5.32 Å². The third-order valence-corrected chi connectivity index (χ3v) is 4.49. The Morgan fingerprint density at radius 3 is 2.91 bits per heavy atom. The fraction of sp³-hybridized carbons (Fsp3) is 0.125. The Morgan fingerprint density at radius 2 is 2.18 bits per heavy atom. The largest absolute Gasteiger partial charge is 0.344 e. The maximum atomic E-state index is 4.58. The molecule has 1 N–H and O–H groups in total. The van der Waals surface area contributed by atoms with Crippen LogP contribution in [0.25, 0.3) is 16.9 Å². The molecule has 0 saturated carbocycles. The second-order valence-corrected chi connectivity index (χ2v) is 6.19. The summed E-state index contributed by atoms with van der Waals surface area (Å²) in [6.45, 7) is 2.10. The van der Waals surface area contributed by atoms with Gasteiger partial charge in [-0.1, -0.05) is 0 Å². The quantitative estimate of drug-likeness (QED) is 0.625. The highest BCUT2D eigenvalue weighted by atomic mass is 32.1. The Hall–Kier alpha value is -2.60. The normalized spacial score (nSPS) is 11.2. The zero-order valence-corrected chi connectivity index (χ0v) is 13.1. The number of aromatic nitrogens is 4. The van der Waals surface area contributed by atoms with Gasteiger partial charge in [-0.25, -0.2) is 4.98 Å². The van der Waals surface area contributed by atoms with Crippen LogP contribution in [0.4, 0.5) is 10.7 Å². The average molecular weight is 309 g/mol. The number of rotatable bonds is 3. The first-order chi connectivity index (χ1) is 10.7. The van der Waals surface area contributed by atoms with Gasteiger partial charge in [0.15, 0.2) is 5.65 Å². The first-order valence-electron chi connectivity index (χ1n) is 6.98. The molecular weight excluding hydrogens is 294 g/mol. The molecule has 5 nitrogen and oxygen atoms in total. The van der Waals surface area contributed by atoms with Crippen molar-refractivity contribution < 1.29 is 0 Å². The first kappa shape index (κ1) is 13.1. The lowest BCUT2D eigenvalue weighted by Crippen LogP contribution is -1.94. The number of hydrogen-bond acceptors (Lipinski definition) is 4. The van der Waals surface area contributed by atoms with Crippen molar-refractivity contribution in [2.24, 2.45) is 7.05 Å². The van der Waals surface area contributed by atoms with Crippen LogP contribution in [0.2, 0.25) is 0 Å². The summed E-state index contributed by atoms with van der Waals surface area (Å²) in [4.78, 5) is 4.58. The van der Waals surface area contributed by atoms with Gasteiger partial charge in [-0.15, -0.1) is 11.3 Å². The highest BCUT2D eigenvalue weighted by molar-refractivity contribution is 7.14. The molecule has 0 amide bonds. The Morgan fingerprint density at radius 1 is 1.27 bits per heavy atom. The van der Waals surface area contributed by atoms with Gasteiger partial charge in [0, 0.05) is 25.0 Å². The third-order valence-electron chi connectivity index (χ3n) is 3.52. The van der Waals surface area contributed by atoms with Gasteiger partial charge < -0.3 is 5.32 Å². The molecule has 4 rings (SSSR count). The molecule has 0 bridgehead atoms. The topological polar surface area (TPSA) is 47.1 Å². The maximum absolute atomic E-state index is 4.58. The van der Waals surface area contributed by atoms with Gasteiger partial charge >= 0.3 is 0 Å². The molecule has 0 aliphatic carbocycles. The maximum Gasteiger partial charge on any atom is 0.161 e. The smallest absolute Gasteiger partial charge is 0.161 e. The van der Waals surface area contributed by atoms with E-state index in [1.54, 1.807) is 16.0 Å². The van der Waals surface area contributed by atoms with E-state index in [2.05, 4.69) is 38.2 Å². The van der Waals surface area contributed by atoms with Crippen molar-refractivity contribution in [1.82, 2.24) is 19.2 Å². The Labute approximate surface area is 131 Å². The number of anilines is 2. The number of imidazole rings is 1. The minimum Gasteiger partial charge on any atom is -0.344 e. The van der Waals surface area contributed by atoms with E-state index < -0.39 is 0 Å². The summed E-state index contributed by atoms with van der Waals surface area (Å²) in [5, 5.41) is 10.9. The molecule has 0 radical (unpaired) electrons. The second-order valence-electron chi connectivity index (χ2n) is 5.27. The van der Waals surface area contributed by atoms with E-state index >= 15 is 0 Å². The highest BCUT2D eigenvalue weighted by Crippen LogP contribution is 2.28. The molecule has 0 aliphatic rings. The summed E-state index contributed by atoms with van der Waals surface area (Å²) in [5.41, 5.74) is 5.26. The molecule has 0 unspecified atom stereocenters. The summed E-state index contributed by atoms with van der Waals surface area (Å²) in [7, 11) is 1.92. The van der Waals surface area contributed by atoms with Crippen LogP contribution in [0.15, 0.2) is 48.4 Å². The van der Waals surface area contributed by atoms with Crippen molar-refractivity contribution in [3.05, 3.63) is 53.9 Å². The fourth-order valence-electron chi connectivity index (χ4n) is 2.51.